The maximum Gasteiger partial charge on any atom is -0.0267 e. The average molecular weight is 166 g/mol. The summed E-state index contributed by atoms with van der Waals surface area (Å²) < 4.78 is 0. The Kier molecular flexibility index (Phi) is 1.79. The quantitative estimate of drug-likeness (QED) is 0.557. The van der Waals surface area contributed by atoms with Gasteiger partial charge >= 0.3 is 0 Å². The Morgan fingerprint density at radius 1 is 1.33 bits per heavy atom. The Bertz CT molecular complexity index is 182. The second kappa shape index (κ2) is 2.49. The van der Waals surface area contributed by atoms with E-state index in [1.54, 1.807) is 0 Å². The topological polar surface area (TPSA) is 0 Å². The predicted molar refractivity (Wildman–Crippen MR) is 52.9 cm³/mol. The molecule has 2 aliphatic rings. The molecule has 0 nitrogen and oxygen atoms in total. The van der Waals surface area contributed by atoms with Crippen molar-refractivity contribution >= 4 is 0 Å². The lowest BCUT2D eigenvalue weighted by atomic mass is 9.71. The monoisotopic (exact) mass is 166 g/mol. The van der Waals surface area contributed by atoms with Gasteiger partial charge in [-0.15, -0.1) is 0 Å². The van der Waals surface area contributed by atoms with Crippen LogP contribution in [0, 0.1) is 29.1 Å². The highest BCUT2D eigenvalue weighted by molar-refractivity contribution is 5.04. The van der Waals surface area contributed by atoms with Gasteiger partial charge in [0.1, 0.15) is 0 Å². The standard InChI is InChI=1S/C12H22/c1-8(2)11-10-5-6-12(11,4)9(3)7-10/h8-11H,5-7H2,1-4H3. The van der Waals surface area contributed by atoms with Crippen molar-refractivity contribution in [1.29, 1.82) is 0 Å². The van der Waals surface area contributed by atoms with Crippen LogP contribution in [0.5, 0.6) is 0 Å². The molecule has 2 bridgehead atoms. The van der Waals surface area contributed by atoms with Crippen LogP contribution in [-0.2, 0) is 0 Å². The Morgan fingerprint density at radius 2 is 2.00 bits per heavy atom. The van der Waals surface area contributed by atoms with Crippen LogP contribution in [0.4, 0.5) is 0 Å². The fourth-order valence-electron chi connectivity index (χ4n) is 4.25. The van der Waals surface area contributed by atoms with Crippen LogP contribution in [0.3, 0.4) is 0 Å². The molecule has 2 saturated carbocycles. The molecule has 0 heterocycles. The SMILES string of the molecule is CC(C)C1C2CCC1(C)C(C)C2. The molecule has 0 aromatic heterocycles. The van der Waals surface area contributed by atoms with Crippen molar-refractivity contribution in [2.24, 2.45) is 29.1 Å². The van der Waals surface area contributed by atoms with Crippen molar-refractivity contribution in [3.05, 3.63) is 0 Å². The lowest BCUT2D eigenvalue weighted by Gasteiger charge is -2.34. The molecular formula is C12H22. The van der Waals surface area contributed by atoms with Crippen LogP contribution in [0.2, 0.25) is 0 Å². The normalized spacial score (nSPS) is 52.2. The Morgan fingerprint density at radius 3 is 2.25 bits per heavy atom. The van der Waals surface area contributed by atoms with Crippen molar-refractivity contribution in [2.75, 3.05) is 0 Å². The predicted octanol–water partition coefficient (Wildman–Crippen LogP) is 3.71. The minimum Gasteiger partial charge on any atom is -0.0625 e. The maximum absolute atomic E-state index is 2.54. The molecule has 0 aliphatic heterocycles. The smallest absolute Gasteiger partial charge is 0.0267 e. The van der Waals surface area contributed by atoms with Gasteiger partial charge in [-0.05, 0) is 48.3 Å². The van der Waals surface area contributed by atoms with Gasteiger partial charge in [0.25, 0.3) is 0 Å². The molecule has 2 fully saturated rings. The van der Waals surface area contributed by atoms with Crippen molar-refractivity contribution in [2.45, 2.75) is 47.0 Å². The van der Waals surface area contributed by atoms with Gasteiger partial charge in [0, 0.05) is 0 Å². The van der Waals surface area contributed by atoms with Crippen molar-refractivity contribution in [1.82, 2.24) is 0 Å². The van der Waals surface area contributed by atoms with Gasteiger partial charge in [-0.1, -0.05) is 27.7 Å². The molecule has 70 valence electrons. The summed E-state index contributed by atoms with van der Waals surface area (Å²) in [5, 5.41) is 0. The molecule has 0 heteroatoms. The third-order valence-electron chi connectivity index (χ3n) is 4.82. The Balaban J connectivity index is 2.26. The molecule has 0 spiro atoms. The highest BCUT2D eigenvalue weighted by Crippen LogP contribution is 2.63. The van der Waals surface area contributed by atoms with Crippen LogP contribution in [0.25, 0.3) is 0 Å². The van der Waals surface area contributed by atoms with Crippen LogP contribution < -0.4 is 0 Å². The third kappa shape index (κ3) is 0.900. The van der Waals surface area contributed by atoms with Gasteiger partial charge in [-0.25, -0.2) is 0 Å². The second-order valence-electron chi connectivity index (χ2n) is 5.71. The number of hydrogen-bond acceptors (Lipinski definition) is 0. The first-order valence-electron chi connectivity index (χ1n) is 5.55. The molecule has 4 unspecified atom stereocenters. The molecule has 0 N–H and O–H groups in total. The number of hydrogen-bond donors (Lipinski definition) is 0. The van der Waals surface area contributed by atoms with E-state index in [2.05, 4.69) is 27.7 Å². The molecule has 0 radical (unpaired) electrons. The zero-order valence-corrected chi connectivity index (χ0v) is 8.93. The summed E-state index contributed by atoms with van der Waals surface area (Å²) in [5.74, 6) is 4.01. The van der Waals surface area contributed by atoms with E-state index in [0.29, 0.717) is 5.41 Å². The fraction of sp³-hybridized carbons (Fsp3) is 1.00. The van der Waals surface area contributed by atoms with E-state index in [0.717, 1.165) is 23.7 Å². The van der Waals surface area contributed by atoms with Crippen molar-refractivity contribution < 1.29 is 0 Å². The minimum atomic E-state index is 0.707. The highest BCUT2D eigenvalue weighted by Gasteiger charge is 2.55. The summed E-state index contributed by atoms with van der Waals surface area (Å²) in [7, 11) is 0. The van der Waals surface area contributed by atoms with Crippen molar-refractivity contribution in [3.63, 3.8) is 0 Å². The van der Waals surface area contributed by atoms with Gasteiger partial charge in [0.05, 0.1) is 0 Å². The van der Waals surface area contributed by atoms with Gasteiger partial charge in [0.15, 0.2) is 0 Å². The van der Waals surface area contributed by atoms with Gasteiger partial charge in [0.2, 0.25) is 0 Å². The third-order valence-corrected chi connectivity index (χ3v) is 4.82. The minimum absolute atomic E-state index is 0.707. The molecule has 0 aromatic carbocycles. The fourth-order valence-corrected chi connectivity index (χ4v) is 4.25. The molecular weight excluding hydrogens is 144 g/mol. The molecule has 4 atom stereocenters. The van der Waals surface area contributed by atoms with Gasteiger partial charge in [-0.3, -0.25) is 0 Å². The van der Waals surface area contributed by atoms with Gasteiger partial charge < -0.3 is 0 Å². The van der Waals surface area contributed by atoms with E-state index in [9.17, 15) is 0 Å². The lowest BCUT2D eigenvalue weighted by Crippen LogP contribution is -2.27. The summed E-state index contributed by atoms with van der Waals surface area (Å²) in [4.78, 5) is 0. The summed E-state index contributed by atoms with van der Waals surface area (Å²) in [6.45, 7) is 9.84. The van der Waals surface area contributed by atoms with E-state index in [4.69, 9.17) is 0 Å². The van der Waals surface area contributed by atoms with E-state index in [1.165, 1.54) is 19.3 Å². The Hall–Kier alpha value is 0. The number of fused-ring (bicyclic) bond motifs is 2. The molecule has 2 aliphatic carbocycles. The lowest BCUT2D eigenvalue weighted by molar-refractivity contribution is 0.147. The molecule has 0 saturated heterocycles. The maximum atomic E-state index is 2.54. The molecule has 2 rings (SSSR count). The summed E-state index contributed by atoms with van der Waals surface area (Å²) >= 11 is 0. The van der Waals surface area contributed by atoms with Crippen LogP contribution in [-0.4, -0.2) is 0 Å². The van der Waals surface area contributed by atoms with E-state index in [1.807, 2.05) is 0 Å². The van der Waals surface area contributed by atoms with Crippen LogP contribution >= 0.6 is 0 Å². The van der Waals surface area contributed by atoms with Crippen LogP contribution in [0.1, 0.15) is 47.0 Å². The van der Waals surface area contributed by atoms with E-state index >= 15 is 0 Å². The summed E-state index contributed by atoms with van der Waals surface area (Å²) in [6, 6.07) is 0. The first-order valence-corrected chi connectivity index (χ1v) is 5.55. The molecule has 0 aromatic rings. The summed E-state index contributed by atoms with van der Waals surface area (Å²) in [5.41, 5.74) is 0.707. The zero-order chi connectivity index (χ0) is 8.93. The van der Waals surface area contributed by atoms with E-state index < -0.39 is 0 Å². The zero-order valence-electron chi connectivity index (χ0n) is 8.93. The summed E-state index contributed by atoms with van der Waals surface area (Å²) in [6.07, 6.45) is 4.53. The second-order valence-corrected chi connectivity index (χ2v) is 5.71. The van der Waals surface area contributed by atoms with Gasteiger partial charge in [-0.2, -0.15) is 0 Å². The average Bonchev–Trinajstić information content (AvgIpc) is 2.38. The number of rotatable bonds is 1. The van der Waals surface area contributed by atoms with E-state index in [-0.39, 0.29) is 0 Å². The molecule has 0 amide bonds. The largest absolute Gasteiger partial charge is 0.0625 e. The first-order chi connectivity index (χ1) is 5.55. The van der Waals surface area contributed by atoms with Crippen molar-refractivity contribution in [3.8, 4) is 0 Å². The molecule has 12 heavy (non-hydrogen) atoms. The first kappa shape index (κ1) is 8.59. The van der Waals surface area contributed by atoms with Crippen LogP contribution in [0.15, 0.2) is 0 Å². The highest BCUT2D eigenvalue weighted by atomic mass is 14.6. The Labute approximate surface area is 76.7 Å².